The Labute approximate surface area is 198 Å². The molecule has 2 fully saturated rings. The van der Waals surface area contributed by atoms with Gasteiger partial charge in [0.2, 0.25) is 0 Å². The molecule has 2 N–H and O–H groups in total. The molecular weight excluding hydrogens is 436 g/mol. The zero-order chi connectivity index (χ0) is 23.3. The molecule has 0 amide bonds. The van der Waals surface area contributed by atoms with Crippen LogP contribution in [0.3, 0.4) is 0 Å². The average molecular weight is 467 g/mol. The van der Waals surface area contributed by atoms with Gasteiger partial charge in [0, 0.05) is 43.3 Å². The Kier molecular flexibility index (Phi) is 6.75. The molecule has 0 bridgehead atoms. The molecule has 34 heavy (non-hydrogen) atoms. The molecule has 3 aromatic rings. The van der Waals surface area contributed by atoms with Crippen molar-refractivity contribution in [3.05, 3.63) is 36.5 Å². The van der Waals surface area contributed by atoms with Crippen LogP contribution in [-0.2, 0) is 9.47 Å². The Hall–Kier alpha value is -3.40. The molecule has 1 saturated heterocycles. The van der Waals surface area contributed by atoms with E-state index in [1.165, 1.54) is 6.26 Å². The smallest absolute Gasteiger partial charge is 0.360 e. The summed E-state index contributed by atoms with van der Waals surface area (Å²) in [6.07, 6.45) is 8.72. The third-order valence-electron chi connectivity index (χ3n) is 6.34. The van der Waals surface area contributed by atoms with Crippen LogP contribution in [0, 0.1) is 0 Å². The fraction of sp³-hybridized carbons (Fsp3) is 0.500. The Morgan fingerprint density at radius 3 is 2.59 bits per heavy atom. The lowest BCUT2D eigenvalue weighted by molar-refractivity contribution is 0.0519. The van der Waals surface area contributed by atoms with Gasteiger partial charge in [-0.1, -0.05) is 0 Å². The third kappa shape index (κ3) is 5.06. The number of hydrogen-bond acceptors (Lipinski definition) is 10. The quantitative estimate of drug-likeness (QED) is 0.502. The van der Waals surface area contributed by atoms with E-state index in [4.69, 9.17) is 13.9 Å². The molecule has 1 aliphatic heterocycles. The number of nitrogens with one attached hydrogen (secondary N) is 2. The fourth-order valence-corrected chi connectivity index (χ4v) is 4.59. The van der Waals surface area contributed by atoms with E-state index in [0.29, 0.717) is 18.7 Å². The van der Waals surface area contributed by atoms with Crippen molar-refractivity contribution in [3.8, 4) is 0 Å². The molecule has 0 radical (unpaired) electrons. The monoisotopic (exact) mass is 466 g/mol. The minimum Gasteiger partial charge on any atom is -0.461 e. The molecule has 3 heterocycles. The lowest BCUT2D eigenvalue weighted by Gasteiger charge is -2.32. The zero-order valence-electron chi connectivity index (χ0n) is 19.3. The van der Waals surface area contributed by atoms with Gasteiger partial charge in [-0.3, -0.25) is 9.97 Å². The standard InChI is InChI=1S/C24H30N6O4/c1-2-33-23(31)21-15-34-24(29-21)28-17-5-3-16(4-6-17)27-20-14-18(30-9-11-32-12-10-30)13-19-22(20)26-8-7-25-19/h7-8,13-17,27H,2-6,9-12H2,1H3,(H,28,29)/t16-,17+. The summed E-state index contributed by atoms with van der Waals surface area (Å²) < 4.78 is 15.9. The van der Waals surface area contributed by atoms with Crippen LogP contribution in [0.4, 0.5) is 17.4 Å². The van der Waals surface area contributed by atoms with Crippen LogP contribution in [0.2, 0.25) is 0 Å². The highest BCUT2D eigenvalue weighted by Crippen LogP contribution is 2.31. The number of nitrogens with zero attached hydrogens (tertiary/aromatic N) is 4. The number of oxazole rings is 1. The van der Waals surface area contributed by atoms with Crippen LogP contribution in [0.15, 0.2) is 35.2 Å². The van der Waals surface area contributed by atoms with Gasteiger partial charge in [0.15, 0.2) is 5.69 Å². The molecule has 10 nitrogen and oxygen atoms in total. The Morgan fingerprint density at radius 2 is 1.82 bits per heavy atom. The lowest BCUT2D eigenvalue weighted by Crippen LogP contribution is -2.36. The number of aromatic nitrogens is 3. The average Bonchev–Trinajstić information content (AvgIpc) is 3.34. The highest BCUT2D eigenvalue weighted by molar-refractivity contribution is 5.91. The number of carbonyl (C=O) groups excluding carboxylic acids is 1. The highest BCUT2D eigenvalue weighted by atomic mass is 16.5. The van der Waals surface area contributed by atoms with Crippen molar-refractivity contribution in [1.82, 2.24) is 15.0 Å². The minimum atomic E-state index is -0.471. The molecule has 1 aliphatic carbocycles. The molecule has 0 unspecified atom stereocenters. The highest BCUT2D eigenvalue weighted by Gasteiger charge is 2.24. The molecule has 0 spiro atoms. The molecule has 10 heteroatoms. The number of esters is 1. The number of rotatable bonds is 7. The van der Waals surface area contributed by atoms with Crippen LogP contribution in [0.25, 0.3) is 11.0 Å². The van der Waals surface area contributed by atoms with E-state index in [1.807, 2.05) is 0 Å². The summed E-state index contributed by atoms with van der Waals surface area (Å²) in [5.74, 6) is -0.471. The van der Waals surface area contributed by atoms with Crippen LogP contribution in [-0.4, -0.2) is 65.9 Å². The van der Waals surface area contributed by atoms with Crippen molar-refractivity contribution in [2.24, 2.45) is 0 Å². The van der Waals surface area contributed by atoms with E-state index in [-0.39, 0.29) is 11.7 Å². The van der Waals surface area contributed by atoms with E-state index in [1.54, 1.807) is 19.3 Å². The maximum absolute atomic E-state index is 11.8. The lowest BCUT2D eigenvalue weighted by atomic mass is 9.91. The van der Waals surface area contributed by atoms with Crippen LogP contribution in [0.5, 0.6) is 0 Å². The number of carbonyl (C=O) groups is 1. The molecule has 0 atom stereocenters. The topological polar surface area (TPSA) is 115 Å². The predicted octanol–water partition coefficient (Wildman–Crippen LogP) is 3.47. The van der Waals surface area contributed by atoms with Gasteiger partial charge in [-0.05, 0) is 44.7 Å². The van der Waals surface area contributed by atoms with Crippen molar-refractivity contribution < 1.29 is 18.7 Å². The fourth-order valence-electron chi connectivity index (χ4n) is 4.59. The SMILES string of the molecule is CCOC(=O)c1coc(N[C@H]2CC[C@@H](Nc3cc(N4CCOCC4)cc4nccnc34)CC2)n1. The summed E-state index contributed by atoms with van der Waals surface area (Å²) in [7, 11) is 0. The minimum absolute atomic E-state index is 0.188. The van der Waals surface area contributed by atoms with Crippen LogP contribution in [0.1, 0.15) is 43.1 Å². The first-order chi connectivity index (χ1) is 16.7. The van der Waals surface area contributed by atoms with Crippen molar-refractivity contribution in [2.75, 3.05) is 48.4 Å². The first-order valence-corrected chi connectivity index (χ1v) is 11.9. The summed E-state index contributed by atoms with van der Waals surface area (Å²) in [6.45, 7) is 5.30. The molecule has 5 rings (SSSR count). The Morgan fingerprint density at radius 1 is 1.09 bits per heavy atom. The molecule has 180 valence electrons. The number of hydrogen-bond donors (Lipinski definition) is 2. The predicted molar refractivity (Wildman–Crippen MR) is 128 cm³/mol. The van der Waals surface area contributed by atoms with Gasteiger partial charge in [-0.2, -0.15) is 4.98 Å². The van der Waals surface area contributed by atoms with Gasteiger partial charge in [0.05, 0.1) is 31.0 Å². The number of anilines is 3. The van der Waals surface area contributed by atoms with Gasteiger partial charge in [-0.15, -0.1) is 0 Å². The van der Waals surface area contributed by atoms with Crippen LogP contribution < -0.4 is 15.5 Å². The largest absolute Gasteiger partial charge is 0.461 e. The summed E-state index contributed by atoms with van der Waals surface area (Å²) >= 11 is 0. The zero-order valence-corrected chi connectivity index (χ0v) is 19.3. The van der Waals surface area contributed by atoms with Gasteiger partial charge >= 0.3 is 5.97 Å². The molecule has 1 aromatic carbocycles. The first kappa shape index (κ1) is 22.4. The Bertz CT molecular complexity index is 1120. The summed E-state index contributed by atoms with van der Waals surface area (Å²) in [6, 6.07) is 5.24. The van der Waals surface area contributed by atoms with Gasteiger partial charge < -0.3 is 29.4 Å². The van der Waals surface area contributed by atoms with E-state index >= 15 is 0 Å². The summed E-state index contributed by atoms with van der Waals surface area (Å²) in [4.78, 5) is 27.5. The van der Waals surface area contributed by atoms with Gasteiger partial charge in [-0.25, -0.2) is 4.79 Å². The molecule has 2 aliphatic rings. The number of fused-ring (bicyclic) bond motifs is 1. The normalized spacial score (nSPS) is 20.8. The number of ether oxygens (including phenoxy) is 2. The number of benzene rings is 1. The summed E-state index contributed by atoms with van der Waals surface area (Å²) in [5, 5.41) is 7.04. The molecule has 1 saturated carbocycles. The maximum atomic E-state index is 11.8. The van der Waals surface area contributed by atoms with Gasteiger partial charge in [0.1, 0.15) is 11.8 Å². The van der Waals surface area contributed by atoms with E-state index < -0.39 is 5.97 Å². The van der Waals surface area contributed by atoms with E-state index in [2.05, 4.69) is 42.6 Å². The van der Waals surface area contributed by atoms with E-state index in [9.17, 15) is 4.79 Å². The van der Waals surface area contributed by atoms with Crippen LogP contribution >= 0.6 is 0 Å². The number of morpholine rings is 1. The second kappa shape index (κ2) is 10.3. The van der Waals surface area contributed by atoms with Crippen molar-refractivity contribution in [2.45, 2.75) is 44.7 Å². The van der Waals surface area contributed by atoms with Crippen molar-refractivity contribution in [3.63, 3.8) is 0 Å². The van der Waals surface area contributed by atoms with Crippen molar-refractivity contribution >= 4 is 34.4 Å². The van der Waals surface area contributed by atoms with Gasteiger partial charge in [0.25, 0.3) is 6.01 Å². The van der Waals surface area contributed by atoms with Crippen molar-refractivity contribution in [1.29, 1.82) is 0 Å². The maximum Gasteiger partial charge on any atom is 0.360 e. The summed E-state index contributed by atoms with van der Waals surface area (Å²) in [5.41, 5.74) is 4.15. The first-order valence-electron chi connectivity index (χ1n) is 11.9. The molecule has 2 aromatic heterocycles. The second-order valence-corrected chi connectivity index (χ2v) is 8.61. The third-order valence-corrected chi connectivity index (χ3v) is 6.34. The Balaban J connectivity index is 1.22. The second-order valence-electron chi connectivity index (χ2n) is 8.61. The molecular formula is C24H30N6O4. The van der Waals surface area contributed by atoms with E-state index in [0.717, 1.165) is 74.4 Å².